The largest absolute Gasteiger partial charge is 0.310 e. The van der Waals surface area contributed by atoms with Crippen molar-refractivity contribution in [1.82, 2.24) is 5.32 Å². The lowest BCUT2D eigenvalue weighted by molar-refractivity contribution is 0.332. The van der Waals surface area contributed by atoms with Crippen LogP contribution >= 0.6 is 11.8 Å². The first-order valence-corrected chi connectivity index (χ1v) is 8.56. The van der Waals surface area contributed by atoms with Gasteiger partial charge in [0.1, 0.15) is 0 Å². The molecule has 0 aliphatic carbocycles. The Morgan fingerprint density at radius 2 is 1.79 bits per heavy atom. The van der Waals surface area contributed by atoms with E-state index >= 15 is 0 Å². The Kier molecular flexibility index (Phi) is 6.95. The molecule has 0 saturated carbocycles. The summed E-state index contributed by atoms with van der Waals surface area (Å²) in [6.45, 7) is 10.3. The van der Waals surface area contributed by atoms with E-state index in [9.17, 15) is 0 Å². The highest BCUT2D eigenvalue weighted by atomic mass is 32.2. The molecule has 1 aromatic rings. The zero-order valence-electron chi connectivity index (χ0n) is 13.1. The van der Waals surface area contributed by atoms with Crippen molar-refractivity contribution in [2.75, 3.05) is 12.8 Å². The molecule has 2 heteroatoms. The number of thioether (sulfide) groups is 1. The van der Waals surface area contributed by atoms with Crippen LogP contribution in [0, 0.1) is 5.41 Å². The van der Waals surface area contributed by atoms with Crippen LogP contribution in [0.4, 0.5) is 0 Å². The molecule has 0 heterocycles. The third-order valence-electron chi connectivity index (χ3n) is 3.34. The zero-order valence-corrected chi connectivity index (χ0v) is 13.9. The van der Waals surface area contributed by atoms with Crippen molar-refractivity contribution < 1.29 is 0 Å². The van der Waals surface area contributed by atoms with E-state index in [4.69, 9.17) is 0 Å². The van der Waals surface area contributed by atoms with Crippen molar-refractivity contribution in [3.8, 4) is 0 Å². The van der Waals surface area contributed by atoms with E-state index in [2.05, 4.69) is 63.5 Å². The average Bonchev–Trinajstić information content (AvgIpc) is 2.38. The Labute approximate surface area is 123 Å². The summed E-state index contributed by atoms with van der Waals surface area (Å²) in [4.78, 5) is 1.34. The van der Waals surface area contributed by atoms with Crippen LogP contribution in [-0.2, 0) is 0 Å². The number of hydrogen-bond donors (Lipinski definition) is 1. The Bertz CT molecular complexity index is 351. The SMILES string of the molecule is CCCNC(CCC(C)(C)C)c1ccc(SC)cc1. The molecule has 1 rings (SSSR count). The van der Waals surface area contributed by atoms with E-state index in [0.29, 0.717) is 11.5 Å². The molecule has 1 nitrogen and oxygen atoms in total. The van der Waals surface area contributed by atoms with Crippen molar-refractivity contribution in [1.29, 1.82) is 0 Å². The molecule has 0 aromatic heterocycles. The minimum absolute atomic E-state index is 0.408. The van der Waals surface area contributed by atoms with E-state index in [-0.39, 0.29) is 0 Å². The van der Waals surface area contributed by atoms with Gasteiger partial charge in [0.2, 0.25) is 0 Å². The molecule has 1 unspecified atom stereocenters. The molecule has 0 aliphatic heterocycles. The second-order valence-corrected chi connectivity index (χ2v) is 7.26. The van der Waals surface area contributed by atoms with Crippen LogP contribution in [0.15, 0.2) is 29.2 Å². The van der Waals surface area contributed by atoms with Gasteiger partial charge < -0.3 is 5.32 Å². The lowest BCUT2D eigenvalue weighted by atomic mass is 9.87. The summed E-state index contributed by atoms with van der Waals surface area (Å²) in [5.74, 6) is 0. The lowest BCUT2D eigenvalue weighted by Gasteiger charge is -2.24. The molecule has 0 radical (unpaired) electrons. The molecule has 19 heavy (non-hydrogen) atoms. The van der Waals surface area contributed by atoms with E-state index in [1.54, 1.807) is 11.8 Å². The van der Waals surface area contributed by atoms with Crippen LogP contribution in [0.2, 0.25) is 0 Å². The minimum Gasteiger partial charge on any atom is -0.310 e. The van der Waals surface area contributed by atoms with Crippen LogP contribution in [-0.4, -0.2) is 12.8 Å². The van der Waals surface area contributed by atoms with E-state index < -0.39 is 0 Å². The standard InChI is InChI=1S/C17H29NS/c1-6-13-18-16(11-12-17(2,3)4)14-7-9-15(19-5)10-8-14/h7-10,16,18H,6,11-13H2,1-5H3. The van der Waals surface area contributed by atoms with Crippen molar-refractivity contribution >= 4 is 11.8 Å². The molecule has 108 valence electrons. The van der Waals surface area contributed by atoms with Crippen LogP contribution in [0.5, 0.6) is 0 Å². The maximum atomic E-state index is 3.69. The maximum absolute atomic E-state index is 3.69. The lowest BCUT2D eigenvalue weighted by Crippen LogP contribution is -2.23. The van der Waals surface area contributed by atoms with E-state index in [0.717, 1.165) is 6.54 Å². The normalized spacial score (nSPS) is 13.5. The van der Waals surface area contributed by atoms with Crippen LogP contribution in [0.1, 0.15) is 58.6 Å². The molecule has 1 atom stereocenters. The van der Waals surface area contributed by atoms with Crippen molar-refractivity contribution in [3.63, 3.8) is 0 Å². The summed E-state index contributed by atoms with van der Waals surface area (Å²) in [7, 11) is 0. The molecule has 0 saturated heterocycles. The summed E-state index contributed by atoms with van der Waals surface area (Å²) in [6.07, 6.45) is 5.77. The summed E-state index contributed by atoms with van der Waals surface area (Å²) >= 11 is 1.80. The quantitative estimate of drug-likeness (QED) is 0.682. The smallest absolute Gasteiger partial charge is 0.0320 e. The fourth-order valence-electron chi connectivity index (χ4n) is 2.12. The molecule has 0 bridgehead atoms. The third-order valence-corrected chi connectivity index (χ3v) is 4.09. The highest BCUT2D eigenvalue weighted by molar-refractivity contribution is 7.98. The predicted molar refractivity (Wildman–Crippen MR) is 87.9 cm³/mol. The van der Waals surface area contributed by atoms with Gasteiger partial charge in [0.25, 0.3) is 0 Å². The highest BCUT2D eigenvalue weighted by Crippen LogP contribution is 2.28. The first-order valence-electron chi connectivity index (χ1n) is 7.33. The van der Waals surface area contributed by atoms with Gasteiger partial charge in [0, 0.05) is 10.9 Å². The highest BCUT2D eigenvalue weighted by Gasteiger charge is 2.16. The second-order valence-electron chi connectivity index (χ2n) is 6.38. The van der Waals surface area contributed by atoms with Crippen molar-refractivity contribution in [3.05, 3.63) is 29.8 Å². The minimum atomic E-state index is 0.408. The van der Waals surface area contributed by atoms with Gasteiger partial charge in [-0.3, -0.25) is 0 Å². The van der Waals surface area contributed by atoms with Gasteiger partial charge in [-0.1, -0.05) is 39.8 Å². The Balaban J connectivity index is 2.70. The van der Waals surface area contributed by atoms with Gasteiger partial charge in [-0.25, -0.2) is 0 Å². The zero-order chi connectivity index (χ0) is 14.3. The molecule has 0 aliphatic rings. The molecular weight excluding hydrogens is 250 g/mol. The van der Waals surface area contributed by atoms with Gasteiger partial charge in [-0.2, -0.15) is 0 Å². The topological polar surface area (TPSA) is 12.0 Å². The van der Waals surface area contributed by atoms with Crippen molar-refractivity contribution in [2.24, 2.45) is 5.41 Å². The summed E-state index contributed by atoms with van der Waals surface area (Å²) in [5, 5.41) is 3.69. The average molecular weight is 279 g/mol. The maximum Gasteiger partial charge on any atom is 0.0320 e. The van der Waals surface area contributed by atoms with E-state index in [1.165, 1.54) is 29.7 Å². The molecule has 0 amide bonds. The predicted octanol–water partition coefficient (Wildman–Crippen LogP) is 5.28. The Morgan fingerprint density at radius 1 is 1.16 bits per heavy atom. The third kappa shape index (κ3) is 6.49. The molecular formula is C17H29NS. The fourth-order valence-corrected chi connectivity index (χ4v) is 2.53. The van der Waals surface area contributed by atoms with E-state index in [1.807, 2.05) is 0 Å². The molecule has 0 fully saturated rings. The van der Waals surface area contributed by atoms with Gasteiger partial charge in [-0.15, -0.1) is 11.8 Å². The first-order chi connectivity index (χ1) is 8.96. The summed E-state index contributed by atoms with van der Waals surface area (Å²) in [5.41, 5.74) is 1.83. The molecule has 0 spiro atoms. The van der Waals surface area contributed by atoms with Gasteiger partial charge >= 0.3 is 0 Å². The second kappa shape index (κ2) is 7.96. The number of nitrogens with one attached hydrogen (secondary N) is 1. The monoisotopic (exact) mass is 279 g/mol. The number of hydrogen-bond acceptors (Lipinski definition) is 2. The van der Waals surface area contributed by atoms with Crippen LogP contribution in [0.3, 0.4) is 0 Å². The van der Waals surface area contributed by atoms with Crippen LogP contribution < -0.4 is 5.32 Å². The number of benzene rings is 1. The van der Waals surface area contributed by atoms with Crippen molar-refractivity contribution in [2.45, 2.75) is 57.9 Å². The molecule has 1 aromatic carbocycles. The number of rotatable bonds is 7. The van der Waals surface area contributed by atoms with Gasteiger partial charge in [-0.05, 0) is 55.2 Å². The Morgan fingerprint density at radius 3 is 2.26 bits per heavy atom. The summed E-state index contributed by atoms with van der Waals surface area (Å²) < 4.78 is 0. The van der Waals surface area contributed by atoms with Gasteiger partial charge in [0.15, 0.2) is 0 Å². The summed E-state index contributed by atoms with van der Waals surface area (Å²) in [6, 6.07) is 9.52. The van der Waals surface area contributed by atoms with Gasteiger partial charge in [0.05, 0.1) is 0 Å². The molecule has 1 N–H and O–H groups in total. The fraction of sp³-hybridized carbons (Fsp3) is 0.647. The first kappa shape index (κ1) is 16.6. The Hall–Kier alpha value is -0.470. The van der Waals surface area contributed by atoms with Crippen LogP contribution in [0.25, 0.3) is 0 Å².